The van der Waals surface area contributed by atoms with Crippen LogP contribution in [0, 0.1) is 0 Å². The number of rotatable bonds is 15. The van der Waals surface area contributed by atoms with Gasteiger partial charge in [0.25, 0.3) is 0 Å². The third-order valence-electron chi connectivity index (χ3n) is 7.29. The van der Waals surface area contributed by atoms with Gasteiger partial charge < -0.3 is 20.1 Å². The van der Waals surface area contributed by atoms with Gasteiger partial charge in [-0.25, -0.2) is 4.79 Å². The molecule has 224 valence electrons. The maximum atomic E-state index is 13.2. The van der Waals surface area contributed by atoms with Crippen LogP contribution < -0.4 is 15.4 Å². The second-order valence-electron chi connectivity index (χ2n) is 10.3. The van der Waals surface area contributed by atoms with Crippen LogP contribution in [0.2, 0.25) is 0 Å². The summed E-state index contributed by atoms with van der Waals surface area (Å²) in [5.74, 6) is 0.250. The quantitative estimate of drug-likeness (QED) is 0.0741. The van der Waals surface area contributed by atoms with Crippen LogP contribution in [0.4, 0.5) is 5.69 Å². The Morgan fingerprint density at radius 2 is 1.50 bits per heavy atom. The van der Waals surface area contributed by atoms with Gasteiger partial charge in [-0.3, -0.25) is 4.79 Å². The van der Waals surface area contributed by atoms with Gasteiger partial charge in [-0.05, 0) is 59.8 Å². The van der Waals surface area contributed by atoms with E-state index < -0.39 is 12.0 Å². The summed E-state index contributed by atoms with van der Waals surface area (Å²) in [5, 5.41) is 9.03. The lowest BCUT2D eigenvalue weighted by Gasteiger charge is -2.20. The second-order valence-corrected chi connectivity index (χ2v) is 11.3. The first-order valence-corrected chi connectivity index (χ1v) is 15.6. The highest BCUT2D eigenvalue weighted by Gasteiger charge is 2.23. The second kappa shape index (κ2) is 15.7. The minimum Gasteiger partial charge on any atom is -0.494 e. The molecule has 7 heteroatoms. The zero-order chi connectivity index (χ0) is 30.6. The average molecular weight is 605 g/mol. The first-order chi connectivity index (χ1) is 21.6. The number of benzene rings is 4. The highest BCUT2D eigenvalue weighted by molar-refractivity contribution is 7.10. The van der Waals surface area contributed by atoms with Crippen molar-refractivity contribution in [1.82, 2.24) is 5.32 Å². The molecule has 0 saturated carbocycles. The number of thiophene rings is 1. The van der Waals surface area contributed by atoms with Crippen molar-refractivity contribution < 1.29 is 19.1 Å². The lowest BCUT2D eigenvalue weighted by Crippen LogP contribution is -2.33. The highest BCUT2D eigenvalue weighted by atomic mass is 32.1. The Balaban J connectivity index is 1.15. The van der Waals surface area contributed by atoms with Crippen LogP contribution in [0.15, 0.2) is 127 Å². The van der Waals surface area contributed by atoms with E-state index in [1.165, 1.54) is 17.6 Å². The third kappa shape index (κ3) is 8.22. The summed E-state index contributed by atoms with van der Waals surface area (Å²) in [6, 6.07) is 38.3. The Morgan fingerprint density at radius 1 is 0.795 bits per heavy atom. The number of methoxy groups -OCH3 is 1. The monoisotopic (exact) mass is 604 g/mol. The smallest absolute Gasteiger partial charge is 0.328 e. The number of hydrogen-bond donors (Lipinski definition) is 2. The van der Waals surface area contributed by atoms with Crippen LogP contribution in [-0.2, 0) is 16.0 Å². The molecule has 1 unspecified atom stereocenters. The van der Waals surface area contributed by atoms with E-state index in [1.54, 1.807) is 35.6 Å². The molecule has 6 nitrogen and oxygen atoms in total. The maximum Gasteiger partial charge on any atom is 0.328 e. The van der Waals surface area contributed by atoms with Gasteiger partial charge in [0.05, 0.1) is 19.8 Å². The van der Waals surface area contributed by atoms with E-state index in [4.69, 9.17) is 9.47 Å². The third-order valence-corrected chi connectivity index (χ3v) is 8.22. The molecular weight excluding hydrogens is 568 g/mol. The van der Waals surface area contributed by atoms with E-state index in [2.05, 4.69) is 52.4 Å². The average Bonchev–Trinajstić information content (AvgIpc) is 3.62. The number of ether oxygens (including phenoxy) is 2. The van der Waals surface area contributed by atoms with Gasteiger partial charge in [-0.15, -0.1) is 11.3 Å². The van der Waals surface area contributed by atoms with Crippen molar-refractivity contribution in [2.24, 2.45) is 0 Å². The normalized spacial score (nSPS) is 12.2. The lowest BCUT2D eigenvalue weighted by molar-refractivity contribution is -0.141. The van der Waals surface area contributed by atoms with E-state index in [-0.39, 0.29) is 11.8 Å². The van der Waals surface area contributed by atoms with Crippen molar-refractivity contribution in [3.8, 4) is 5.75 Å². The number of carbonyl (C=O) groups is 2. The van der Waals surface area contributed by atoms with Crippen molar-refractivity contribution in [3.05, 3.63) is 154 Å². The SMILES string of the molecule is COC(=O)C(Cc1ccc(OCCCN[C@@H](c2ccccc2)c2cccs2)cc1)Nc1ccccc1C(=O)c1ccccc1. The summed E-state index contributed by atoms with van der Waals surface area (Å²) in [6.45, 7) is 1.40. The van der Waals surface area contributed by atoms with Crippen LogP contribution in [-0.4, -0.2) is 38.1 Å². The minimum absolute atomic E-state index is 0.115. The number of ketones is 1. The molecule has 44 heavy (non-hydrogen) atoms. The summed E-state index contributed by atoms with van der Waals surface area (Å²) in [7, 11) is 1.37. The van der Waals surface area contributed by atoms with E-state index in [0.29, 0.717) is 29.8 Å². The first kappa shape index (κ1) is 30.7. The van der Waals surface area contributed by atoms with Crippen LogP contribution in [0.5, 0.6) is 5.75 Å². The molecule has 1 aromatic heterocycles. The highest BCUT2D eigenvalue weighted by Crippen LogP contribution is 2.26. The fraction of sp³-hybridized carbons (Fsp3) is 0.189. The van der Waals surface area contributed by atoms with E-state index >= 15 is 0 Å². The molecule has 2 N–H and O–H groups in total. The van der Waals surface area contributed by atoms with Crippen LogP contribution in [0.1, 0.15) is 44.4 Å². The van der Waals surface area contributed by atoms with Gasteiger partial charge in [-0.1, -0.05) is 91.0 Å². The molecule has 0 bridgehead atoms. The van der Waals surface area contributed by atoms with Crippen LogP contribution >= 0.6 is 11.3 Å². The summed E-state index contributed by atoms with van der Waals surface area (Å²) in [5.41, 5.74) is 3.85. The van der Waals surface area contributed by atoms with Gasteiger partial charge in [0, 0.05) is 28.1 Å². The Labute approximate surface area is 262 Å². The van der Waals surface area contributed by atoms with E-state index in [9.17, 15) is 9.59 Å². The Kier molecular flexibility index (Phi) is 10.9. The molecule has 0 fully saturated rings. The molecular formula is C37H36N2O4S. The van der Waals surface area contributed by atoms with Crippen molar-refractivity contribution in [2.75, 3.05) is 25.6 Å². The fourth-order valence-electron chi connectivity index (χ4n) is 5.03. The lowest BCUT2D eigenvalue weighted by atomic mass is 10.00. The Morgan fingerprint density at radius 3 is 2.20 bits per heavy atom. The summed E-state index contributed by atoms with van der Waals surface area (Å²) >= 11 is 1.75. The maximum absolute atomic E-state index is 13.2. The number of hydrogen-bond acceptors (Lipinski definition) is 7. The molecule has 0 amide bonds. The van der Waals surface area contributed by atoms with E-state index in [1.807, 2.05) is 60.7 Å². The van der Waals surface area contributed by atoms with Crippen molar-refractivity contribution in [3.63, 3.8) is 0 Å². The zero-order valence-corrected chi connectivity index (χ0v) is 25.5. The fourth-order valence-corrected chi connectivity index (χ4v) is 5.85. The number of anilines is 1. The van der Waals surface area contributed by atoms with Gasteiger partial charge in [0.1, 0.15) is 11.8 Å². The minimum atomic E-state index is -0.677. The number of carbonyl (C=O) groups excluding carboxylic acids is 2. The molecule has 0 radical (unpaired) electrons. The summed E-state index contributed by atoms with van der Waals surface area (Å²) < 4.78 is 11.1. The van der Waals surface area contributed by atoms with Crippen LogP contribution in [0.25, 0.3) is 0 Å². The summed E-state index contributed by atoms with van der Waals surface area (Å²) in [6.07, 6.45) is 1.24. The molecule has 1 heterocycles. The molecule has 0 aliphatic carbocycles. The molecule has 0 saturated heterocycles. The first-order valence-electron chi connectivity index (χ1n) is 14.7. The Hall–Kier alpha value is -4.72. The molecule has 2 atom stereocenters. The standard InChI is InChI=1S/C37H36N2O4S/c1-42-37(41)33(39-32-17-9-8-16-31(32)36(40)29-14-6-3-7-15-29)26-27-19-21-30(22-20-27)43-24-11-23-38-35(34-18-10-25-44-34)28-12-4-2-5-13-28/h2-10,12-22,25,33,35,38-39H,11,23-24,26H2,1H3/t33?,35-/m0/s1. The van der Waals surface area contributed by atoms with Crippen LogP contribution in [0.3, 0.4) is 0 Å². The Bertz CT molecular complexity index is 1610. The molecule has 4 aromatic carbocycles. The van der Waals surface area contributed by atoms with Gasteiger partial charge in [-0.2, -0.15) is 0 Å². The van der Waals surface area contributed by atoms with Gasteiger partial charge in [0.15, 0.2) is 5.78 Å². The van der Waals surface area contributed by atoms with Crippen molar-refractivity contribution in [1.29, 1.82) is 0 Å². The topological polar surface area (TPSA) is 76.7 Å². The number of esters is 1. The molecule has 0 spiro atoms. The molecule has 5 aromatic rings. The number of para-hydroxylation sites is 1. The van der Waals surface area contributed by atoms with E-state index in [0.717, 1.165) is 24.3 Å². The zero-order valence-electron chi connectivity index (χ0n) is 24.6. The number of nitrogens with one attached hydrogen (secondary N) is 2. The largest absolute Gasteiger partial charge is 0.494 e. The van der Waals surface area contributed by atoms with Crippen molar-refractivity contribution >= 4 is 28.8 Å². The predicted octanol–water partition coefficient (Wildman–Crippen LogP) is 7.32. The molecule has 5 rings (SSSR count). The van der Waals surface area contributed by atoms with Gasteiger partial charge in [0.2, 0.25) is 0 Å². The predicted molar refractivity (Wildman–Crippen MR) is 177 cm³/mol. The molecule has 0 aliphatic heterocycles. The van der Waals surface area contributed by atoms with Gasteiger partial charge >= 0.3 is 5.97 Å². The van der Waals surface area contributed by atoms with Crippen molar-refractivity contribution in [2.45, 2.75) is 24.9 Å². The summed E-state index contributed by atoms with van der Waals surface area (Å²) in [4.78, 5) is 27.2. The molecule has 0 aliphatic rings.